The summed E-state index contributed by atoms with van der Waals surface area (Å²) in [5, 5.41) is 6.28. The fourth-order valence-electron chi connectivity index (χ4n) is 4.33. The molecule has 1 aliphatic heterocycles. The van der Waals surface area contributed by atoms with Gasteiger partial charge in [0.15, 0.2) is 5.13 Å². The first-order valence-electron chi connectivity index (χ1n) is 10.4. The van der Waals surface area contributed by atoms with Crippen LogP contribution in [-0.2, 0) is 6.54 Å². The molecule has 0 saturated carbocycles. The fraction of sp³-hybridized carbons (Fsp3) is 0.348. The number of aromatic nitrogens is 4. The Hall–Kier alpha value is -2.77. The molecule has 5 heterocycles. The van der Waals surface area contributed by atoms with Crippen molar-refractivity contribution in [1.29, 1.82) is 0 Å². The summed E-state index contributed by atoms with van der Waals surface area (Å²) in [6.07, 6.45) is 4.44. The van der Waals surface area contributed by atoms with Crippen molar-refractivity contribution in [3.8, 4) is 0 Å². The lowest BCUT2D eigenvalue weighted by molar-refractivity contribution is 0.240. The lowest BCUT2D eigenvalue weighted by Gasteiger charge is -2.24. The van der Waals surface area contributed by atoms with Crippen molar-refractivity contribution in [3.63, 3.8) is 0 Å². The Morgan fingerprint density at radius 3 is 2.83 bits per heavy atom. The first-order valence-corrected chi connectivity index (χ1v) is 11.3. The Kier molecular flexibility index (Phi) is 5.00. The molecule has 0 bridgehead atoms. The molecule has 7 heteroatoms. The van der Waals surface area contributed by atoms with E-state index in [0.717, 1.165) is 53.2 Å². The van der Waals surface area contributed by atoms with Crippen LogP contribution < -0.4 is 5.32 Å². The second kappa shape index (κ2) is 7.81. The highest BCUT2D eigenvalue weighted by Crippen LogP contribution is 2.33. The van der Waals surface area contributed by atoms with Crippen LogP contribution in [0.4, 0.5) is 10.9 Å². The summed E-state index contributed by atoms with van der Waals surface area (Å²) in [5.74, 6) is 0.857. The molecule has 0 aliphatic carbocycles. The summed E-state index contributed by atoms with van der Waals surface area (Å²) in [7, 11) is 0. The molecule has 4 aromatic heterocycles. The van der Waals surface area contributed by atoms with Gasteiger partial charge in [-0.1, -0.05) is 12.1 Å². The Bertz CT molecular complexity index is 1190. The zero-order valence-corrected chi connectivity index (χ0v) is 18.4. The predicted octanol–water partition coefficient (Wildman–Crippen LogP) is 5.19. The van der Waals surface area contributed by atoms with Crippen LogP contribution in [0.25, 0.3) is 5.65 Å². The number of pyridine rings is 2. The third-order valence-electron chi connectivity index (χ3n) is 5.83. The van der Waals surface area contributed by atoms with Gasteiger partial charge in [-0.2, -0.15) is 0 Å². The Balaban J connectivity index is 1.40. The fourth-order valence-corrected chi connectivity index (χ4v) is 5.02. The summed E-state index contributed by atoms with van der Waals surface area (Å²) in [6.45, 7) is 8.20. The topological polar surface area (TPSA) is 58.4 Å². The summed E-state index contributed by atoms with van der Waals surface area (Å²) >= 11 is 1.61. The highest BCUT2D eigenvalue weighted by atomic mass is 32.1. The second-order valence-electron chi connectivity index (χ2n) is 8.02. The first-order chi connectivity index (χ1) is 14.6. The number of fused-ring (bicyclic) bond motifs is 1. The lowest BCUT2D eigenvalue weighted by Crippen LogP contribution is -2.24. The number of anilines is 2. The molecule has 1 saturated heterocycles. The molecule has 1 unspecified atom stereocenters. The number of thiazole rings is 1. The quantitative estimate of drug-likeness (QED) is 0.483. The van der Waals surface area contributed by atoms with Crippen LogP contribution in [0.15, 0.2) is 41.9 Å². The summed E-state index contributed by atoms with van der Waals surface area (Å²) in [5.41, 5.74) is 6.80. The van der Waals surface area contributed by atoms with Crippen molar-refractivity contribution in [2.75, 3.05) is 11.9 Å². The van der Waals surface area contributed by atoms with Gasteiger partial charge in [0.1, 0.15) is 11.5 Å². The molecular formula is C23H26N6S. The number of likely N-dealkylation sites (tertiary alicyclic amines) is 1. The molecule has 1 aliphatic rings. The van der Waals surface area contributed by atoms with Crippen molar-refractivity contribution in [3.05, 3.63) is 70.2 Å². The summed E-state index contributed by atoms with van der Waals surface area (Å²) < 4.78 is 2.25. The molecule has 0 amide bonds. The van der Waals surface area contributed by atoms with E-state index >= 15 is 0 Å². The van der Waals surface area contributed by atoms with E-state index in [1.807, 2.05) is 18.4 Å². The average molecular weight is 419 g/mol. The van der Waals surface area contributed by atoms with Crippen molar-refractivity contribution >= 4 is 27.9 Å². The minimum absolute atomic E-state index is 0.319. The molecule has 4 aromatic rings. The molecular weight excluding hydrogens is 392 g/mol. The average Bonchev–Trinajstić information content (AvgIpc) is 3.44. The van der Waals surface area contributed by atoms with Crippen LogP contribution in [0.3, 0.4) is 0 Å². The van der Waals surface area contributed by atoms with Gasteiger partial charge in [0.25, 0.3) is 0 Å². The monoisotopic (exact) mass is 418 g/mol. The lowest BCUT2D eigenvalue weighted by atomic mass is 10.1. The minimum Gasteiger partial charge on any atom is -0.316 e. The minimum atomic E-state index is 0.319. The Labute approximate surface area is 180 Å². The second-order valence-corrected chi connectivity index (χ2v) is 8.88. The van der Waals surface area contributed by atoms with Crippen molar-refractivity contribution in [2.24, 2.45) is 0 Å². The Morgan fingerprint density at radius 2 is 2.00 bits per heavy atom. The standard InChI is InChI=1S/C23H26N6S/c1-15-7-5-12-29-20(17(3)25-22(15)29)13-28-11-6-9-19(28)18-8-4-10-21(26-18)27-23-24-16(2)14-30-23/h4-5,7-8,10,12,14,19H,6,9,11,13H2,1-3H3,(H,24,26,27). The van der Waals surface area contributed by atoms with Gasteiger partial charge >= 0.3 is 0 Å². The normalized spacial score (nSPS) is 17.1. The molecule has 1 fully saturated rings. The smallest absolute Gasteiger partial charge is 0.188 e. The number of aryl methyl sites for hydroxylation is 3. The zero-order chi connectivity index (χ0) is 20.7. The molecule has 0 aromatic carbocycles. The highest BCUT2D eigenvalue weighted by Gasteiger charge is 2.28. The van der Waals surface area contributed by atoms with Crippen LogP contribution in [0.1, 0.15) is 47.2 Å². The van der Waals surface area contributed by atoms with Crippen molar-refractivity contribution in [1.82, 2.24) is 24.3 Å². The highest BCUT2D eigenvalue weighted by molar-refractivity contribution is 7.13. The van der Waals surface area contributed by atoms with Gasteiger partial charge in [0, 0.05) is 18.1 Å². The number of nitrogens with one attached hydrogen (secondary N) is 1. The van der Waals surface area contributed by atoms with Gasteiger partial charge in [0.2, 0.25) is 0 Å². The summed E-state index contributed by atoms with van der Waals surface area (Å²) in [6, 6.07) is 10.8. The van der Waals surface area contributed by atoms with E-state index < -0.39 is 0 Å². The number of nitrogens with zero attached hydrogens (tertiary/aromatic N) is 5. The number of rotatable bonds is 5. The van der Waals surface area contributed by atoms with Crippen LogP contribution in [0, 0.1) is 20.8 Å². The van der Waals surface area contributed by atoms with E-state index in [0.29, 0.717) is 6.04 Å². The van der Waals surface area contributed by atoms with Crippen molar-refractivity contribution in [2.45, 2.75) is 46.2 Å². The van der Waals surface area contributed by atoms with Gasteiger partial charge in [-0.05, 0) is 63.9 Å². The number of imidazole rings is 1. The molecule has 6 nitrogen and oxygen atoms in total. The first kappa shape index (κ1) is 19.2. The zero-order valence-electron chi connectivity index (χ0n) is 17.6. The maximum Gasteiger partial charge on any atom is 0.188 e. The Morgan fingerprint density at radius 1 is 1.10 bits per heavy atom. The maximum atomic E-state index is 4.93. The molecule has 1 N–H and O–H groups in total. The maximum absolute atomic E-state index is 4.93. The van der Waals surface area contributed by atoms with E-state index in [-0.39, 0.29) is 0 Å². The van der Waals surface area contributed by atoms with Gasteiger partial charge in [-0.15, -0.1) is 11.3 Å². The summed E-state index contributed by atoms with van der Waals surface area (Å²) in [4.78, 5) is 16.8. The molecule has 154 valence electrons. The van der Waals surface area contributed by atoms with Crippen LogP contribution in [0.2, 0.25) is 0 Å². The third-order valence-corrected chi connectivity index (χ3v) is 6.70. The van der Waals surface area contributed by atoms with Gasteiger partial charge in [-0.3, -0.25) is 4.90 Å². The van der Waals surface area contributed by atoms with Gasteiger partial charge in [-0.25, -0.2) is 15.0 Å². The third kappa shape index (κ3) is 3.59. The molecule has 0 spiro atoms. The molecule has 1 atom stereocenters. The molecule has 0 radical (unpaired) electrons. The van der Waals surface area contributed by atoms with E-state index in [4.69, 9.17) is 9.97 Å². The number of hydrogen-bond donors (Lipinski definition) is 1. The van der Waals surface area contributed by atoms with Crippen molar-refractivity contribution < 1.29 is 0 Å². The van der Waals surface area contributed by atoms with Gasteiger partial charge < -0.3 is 9.72 Å². The molecule has 5 rings (SSSR count). The van der Waals surface area contributed by atoms with Crippen LogP contribution in [0.5, 0.6) is 0 Å². The van der Waals surface area contributed by atoms with E-state index in [1.165, 1.54) is 17.7 Å². The SMILES string of the molecule is Cc1csc(Nc2cccc(C3CCCN3Cc3c(C)nc4c(C)cccn34)n2)n1. The molecule has 30 heavy (non-hydrogen) atoms. The largest absolute Gasteiger partial charge is 0.316 e. The number of hydrogen-bond acceptors (Lipinski definition) is 6. The van der Waals surface area contributed by atoms with Gasteiger partial charge in [0.05, 0.1) is 28.8 Å². The van der Waals surface area contributed by atoms with E-state index in [1.54, 1.807) is 11.3 Å². The predicted molar refractivity (Wildman–Crippen MR) is 121 cm³/mol. The van der Waals surface area contributed by atoms with E-state index in [9.17, 15) is 0 Å². The van der Waals surface area contributed by atoms with Crippen LogP contribution in [-0.4, -0.2) is 30.8 Å². The van der Waals surface area contributed by atoms with E-state index in [2.05, 4.69) is 63.9 Å². The van der Waals surface area contributed by atoms with Crippen LogP contribution >= 0.6 is 11.3 Å².